The Balaban J connectivity index is 2.76. The first kappa shape index (κ1) is 13.2. The molecule has 1 aromatic carbocycles. The van der Waals surface area contributed by atoms with E-state index in [4.69, 9.17) is 5.26 Å². The number of hydrogen-bond donors (Lipinski definition) is 1. The van der Waals surface area contributed by atoms with Gasteiger partial charge in [-0.15, -0.1) is 0 Å². The largest absolute Gasteiger partial charge is 0.348 e. The number of nitrogens with zero attached hydrogens (tertiary/aromatic N) is 1. The highest BCUT2D eigenvalue weighted by Gasteiger charge is 2.12. The van der Waals surface area contributed by atoms with Gasteiger partial charge in [0.2, 0.25) is 0 Å². The minimum atomic E-state index is -0.102. The first-order chi connectivity index (χ1) is 8.08. The molecule has 90 valence electrons. The molecule has 0 saturated carbocycles. The standard InChI is InChI=1S/C14H18N2O/c1-4-13(7-8-15)16-14(17)12-6-5-10(2)11(3)9-12/h5-6,9,13H,4,7H2,1-3H3,(H,16,17). The molecule has 0 spiro atoms. The Kier molecular flexibility index (Phi) is 4.71. The molecule has 3 nitrogen and oxygen atoms in total. The average Bonchev–Trinajstić information content (AvgIpc) is 2.31. The maximum atomic E-state index is 11.9. The zero-order valence-corrected chi connectivity index (χ0v) is 10.6. The Bertz CT molecular complexity index is 446. The smallest absolute Gasteiger partial charge is 0.251 e. The Morgan fingerprint density at radius 3 is 2.65 bits per heavy atom. The Hall–Kier alpha value is -1.82. The summed E-state index contributed by atoms with van der Waals surface area (Å²) in [7, 11) is 0. The van der Waals surface area contributed by atoms with E-state index >= 15 is 0 Å². The van der Waals surface area contributed by atoms with Gasteiger partial charge < -0.3 is 5.32 Å². The van der Waals surface area contributed by atoms with Crippen LogP contribution in [0.15, 0.2) is 18.2 Å². The van der Waals surface area contributed by atoms with Crippen LogP contribution in [0.5, 0.6) is 0 Å². The molecule has 0 aliphatic heterocycles. The van der Waals surface area contributed by atoms with E-state index in [1.54, 1.807) is 0 Å². The number of carbonyl (C=O) groups is 1. The van der Waals surface area contributed by atoms with Crippen molar-refractivity contribution in [1.29, 1.82) is 5.26 Å². The van der Waals surface area contributed by atoms with E-state index < -0.39 is 0 Å². The summed E-state index contributed by atoms with van der Waals surface area (Å²) in [5.74, 6) is -0.102. The number of rotatable bonds is 4. The van der Waals surface area contributed by atoms with Crippen LogP contribution in [0.25, 0.3) is 0 Å². The van der Waals surface area contributed by atoms with Gasteiger partial charge in [-0.3, -0.25) is 4.79 Å². The summed E-state index contributed by atoms with van der Waals surface area (Å²) in [6, 6.07) is 7.66. The molecule has 3 heteroatoms. The molecule has 0 fully saturated rings. The van der Waals surface area contributed by atoms with E-state index in [1.807, 2.05) is 39.0 Å². The fourth-order valence-corrected chi connectivity index (χ4v) is 1.56. The Morgan fingerprint density at radius 2 is 2.12 bits per heavy atom. The number of nitrogens with one attached hydrogen (secondary N) is 1. The van der Waals surface area contributed by atoms with Crippen molar-refractivity contribution in [2.45, 2.75) is 39.7 Å². The van der Waals surface area contributed by atoms with E-state index in [0.717, 1.165) is 12.0 Å². The number of aryl methyl sites for hydroxylation is 2. The van der Waals surface area contributed by atoms with Gasteiger partial charge in [0.1, 0.15) is 0 Å². The van der Waals surface area contributed by atoms with Crippen LogP contribution in [0, 0.1) is 25.2 Å². The molecule has 1 aromatic rings. The monoisotopic (exact) mass is 230 g/mol. The van der Waals surface area contributed by atoms with Crippen LogP contribution >= 0.6 is 0 Å². The topological polar surface area (TPSA) is 52.9 Å². The van der Waals surface area contributed by atoms with E-state index in [0.29, 0.717) is 12.0 Å². The molecule has 0 heterocycles. The van der Waals surface area contributed by atoms with Gasteiger partial charge in [0.15, 0.2) is 0 Å². The highest BCUT2D eigenvalue weighted by molar-refractivity contribution is 5.94. The van der Waals surface area contributed by atoms with Crippen LogP contribution in [0.3, 0.4) is 0 Å². The highest BCUT2D eigenvalue weighted by atomic mass is 16.1. The lowest BCUT2D eigenvalue weighted by atomic mass is 10.1. The van der Waals surface area contributed by atoms with Gasteiger partial charge in [-0.1, -0.05) is 13.0 Å². The van der Waals surface area contributed by atoms with Crippen molar-refractivity contribution in [2.24, 2.45) is 0 Å². The van der Waals surface area contributed by atoms with Crippen LogP contribution in [-0.2, 0) is 0 Å². The van der Waals surface area contributed by atoms with Crippen LogP contribution in [-0.4, -0.2) is 11.9 Å². The molecular weight excluding hydrogens is 212 g/mol. The molecule has 0 saturated heterocycles. The normalized spacial score (nSPS) is 11.6. The second-order valence-corrected chi connectivity index (χ2v) is 4.24. The third-order valence-electron chi connectivity index (χ3n) is 2.93. The fourth-order valence-electron chi connectivity index (χ4n) is 1.56. The summed E-state index contributed by atoms with van der Waals surface area (Å²) in [6.07, 6.45) is 1.12. The molecule has 0 aromatic heterocycles. The fraction of sp³-hybridized carbons (Fsp3) is 0.429. The molecular formula is C14H18N2O. The predicted octanol–water partition coefficient (Wildman–Crippen LogP) is 2.73. The van der Waals surface area contributed by atoms with Crippen molar-refractivity contribution >= 4 is 5.91 Å². The minimum absolute atomic E-state index is 0.0610. The second-order valence-electron chi connectivity index (χ2n) is 4.24. The first-order valence-electron chi connectivity index (χ1n) is 5.83. The molecule has 0 bridgehead atoms. The van der Waals surface area contributed by atoms with Gasteiger partial charge in [-0.2, -0.15) is 5.26 Å². The molecule has 0 radical (unpaired) electrons. The lowest BCUT2D eigenvalue weighted by Crippen LogP contribution is -2.34. The van der Waals surface area contributed by atoms with Gasteiger partial charge in [-0.05, 0) is 43.5 Å². The summed E-state index contributed by atoms with van der Waals surface area (Å²) in [5, 5.41) is 11.5. The molecule has 1 amide bonds. The quantitative estimate of drug-likeness (QED) is 0.864. The first-order valence-corrected chi connectivity index (χ1v) is 5.83. The maximum absolute atomic E-state index is 11.9. The van der Waals surface area contributed by atoms with Crippen LogP contribution < -0.4 is 5.32 Å². The van der Waals surface area contributed by atoms with Gasteiger partial charge >= 0.3 is 0 Å². The molecule has 1 rings (SSSR count). The van der Waals surface area contributed by atoms with Crippen molar-refractivity contribution < 1.29 is 4.79 Å². The predicted molar refractivity (Wildman–Crippen MR) is 67.7 cm³/mol. The van der Waals surface area contributed by atoms with Crippen molar-refractivity contribution in [3.8, 4) is 6.07 Å². The molecule has 1 unspecified atom stereocenters. The second kappa shape index (κ2) is 6.05. The third kappa shape index (κ3) is 3.60. The number of nitriles is 1. The number of benzene rings is 1. The SMILES string of the molecule is CCC(CC#N)NC(=O)c1ccc(C)c(C)c1. The average molecular weight is 230 g/mol. The lowest BCUT2D eigenvalue weighted by molar-refractivity contribution is 0.0936. The van der Waals surface area contributed by atoms with Crippen LogP contribution in [0.4, 0.5) is 0 Å². The summed E-state index contributed by atoms with van der Waals surface area (Å²) in [5.41, 5.74) is 2.93. The van der Waals surface area contributed by atoms with E-state index in [-0.39, 0.29) is 11.9 Å². The Morgan fingerprint density at radius 1 is 1.41 bits per heavy atom. The summed E-state index contributed by atoms with van der Waals surface area (Å²) >= 11 is 0. The highest BCUT2D eigenvalue weighted by Crippen LogP contribution is 2.10. The molecule has 17 heavy (non-hydrogen) atoms. The number of carbonyl (C=O) groups excluding carboxylic acids is 1. The lowest BCUT2D eigenvalue weighted by Gasteiger charge is -2.14. The molecule has 0 aliphatic rings. The summed E-state index contributed by atoms with van der Waals surface area (Å²) < 4.78 is 0. The van der Waals surface area contributed by atoms with Crippen molar-refractivity contribution in [3.05, 3.63) is 34.9 Å². The zero-order chi connectivity index (χ0) is 12.8. The van der Waals surface area contributed by atoms with Crippen molar-refractivity contribution in [3.63, 3.8) is 0 Å². The van der Waals surface area contributed by atoms with Crippen molar-refractivity contribution in [2.75, 3.05) is 0 Å². The third-order valence-corrected chi connectivity index (χ3v) is 2.93. The van der Waals surface area contributed by atoms with E-state index in [2.05, 4.69) is 11.4 Å². The van der Waals surface area contributed by atoms with Crippen molar-refractivity contribution in [1.82, 2.24) is 5.32 Å². The van der Waals surface area contributed by atoms with Crippen LogP contribution in [0.1, 0.15) is 41.3 Å². The van der Waals surface area contributed by atoms with Crippen LogP contribution in [0.2, 0.25) is 0 Å². The Labute approximate surface area is 102 Å². The summed E-state index contributed by atoms with van der Waals surface area (Å²) in [6.45, 7) is 5.96. The molecule has 0 aliphatic carbocycles. The van der Waals surface area contributed by atoms with Gasteiger partial charge in [0.05, 0.1) is 12.5 Å². The van der Waals surface area contributed by atoms with Gasteiger partial charge in [0.25, 0.3) is 5.91 Å². The van der Waals surface area contributed by atoms with E-state index in [9.17, 15) is 4.79 Å². The van der Waals surface area contributed by atoms with Gasteiger partial charge in [-0.25, -0.2) is 0 Å². The minimum Gasteiger partial charge on any atom is -0.348 e. The zero-order valence-electron chi connectivity index (χ0n) is 10.6. The maximum Gasteiger partial charge on any atom is 0.251 e. The van der Waals surface area contributed by atoms with E-state index in [1.165, 1.54) is 5.56 Å². The number of amides is 1. The summed E-state index contributed by atoms with van der Waals surface area (Å²) in [4.78, 5) is 11.9. The molecule has 1 N–H and O–H groups in total. The molecule has 1 atom stereocenters. The van der Waals surface area contributed by atoms with Gasteiger partial charge in [0, 0.05) is 11.6 Å². The number of hydrogen-bond acceptors (Lipinski definition) is 2.